The molecule has 1 unspecified atom stereocenters. The summed E-state index contributed by atoms with van der Waals surface area (Å²) < 4.78 is 13.4. The van der Waals surface area contributed by atoms with Gasteiger partial charge in [0.2, 0.25) is 0 Å². The van der Waals surface area contributed by atoms with Gasteiger partial charge < -0.3 is 19.1 Å². The molecule has 2 saturated carbocycles. The van der Waals surface area contributed by atoms with Gasteiger partial charge in [-0.05, 0) is 57.7 Å². The Hall–Kier alpha value is -2.05. The fourth-order valence-corrected chi connectivity index (χ4v) is 6.01. The molecule has 0 radical (unpaired) electrons. The van der Waals surface area contributed by atoms with E-state index >= 15 is 0 Å². The average molecular weight is 471 g/mol. The molecule has 2 aliphatic carbocycles. The van der Waals surface area contributed by atoms with Crippen LogP contribution in [0.25, 0.3) is 10.9 Å². The largest absolute Gasteiger partial charge is 0.491 e. The van der Waals surface area contributed by atoms with Gasteiger partial charge in [-0.1, -0.05) is 38.5 Å². The van der Waals surface area contributed by atoms with Gasteiger partial charge in [0.15, 0.2) is 0 Å². The van der Waals surface area contributed by atoms with E-state index in [-0.39, 0.29) is 12.6 Å². The molecule has 6 heteroatoms. The maximum atomic E-state index is 12.6. The van der Waals surface area contributed by atoms with Crippen molar-refractivity contribution in [3.63, 3.8) is 0 Å². The Labute approximate surface area is 204 Å². The van der Waals surface area contributed by atoms with E-state index in [1.165, 1.54) is 64.2 Å². The first kappa shape index (κ1) is 25.1. The van der Waals surface area contributed by atoms with Crippen LogP contribution in [0.2, 0.25) is 0 Å². The van der Waals surface area contributed by atoms with Gasteiger partial charge in [0.1, 0.15) is 18.5 Å². The van der Waals surface area contributed by atoms with Gasteiger partial charge in [-0.15, -0.1) is 0 Å². The molecule has 4 rings (SSSR count). The number of aliphatic hydroxyl groups excluding tert-OH is 1. The molecule has 0 amide bonds. The predicted molar refractivity (Wildman–Crippen MR) is 136 cm³/mol. The lowest BCUT2D eigenvalue weighted by Crippen LogP contribution is -2.49. The summed E-state index contributed by atoms with van der Waals surface area (Å²) in [5.41, 5.74) is 2.43. The third-order valence-electron chi connectivity index (χ3n) is 7.89. The lowest BCUT2D eigenvalue weighted by molar-refractivity contribution is 0.0118. The third-order valence-corrected chi connectivity index (χ3v) is 7.89. The minimum absolute atomic E-state index is 0.252. The minimum Gasteiger partial charge on any atom is -0.491 e. The van der Waals surface area contributed by atoms with Gasteiger partial charge in [0.25, 0.3) is 0 Å². The maximum Gasteiger partial charge on any atom is 0.340 e. The standard InChI is InChI=1S/C28H42N2O4/c1-4-33-28(32)27-20(2)29(3)26-16-15-24(17-25(26)27)34-19-23(31)18-30(21-11-7-5-8-12-21)22-13-9-6-10-14-22/h15-17,21-23,31H,4-14,18-19H2,1-3H3. The zero-order valence-electron chi connectivity index (χ0n) is 21.2. The fourth-order valence-electron chi connectivity index (χ4n) is 6.01. The molecule has 6 nitrogen and oxygen atoms in total. The lowest BCUT2D eigenvalue weighted by Gasteiger charge is -2.42. The molecule has 0 spiro atoms. The smallest absolute Gasteiger partial charge is 0.340 e. The number of aromatic nitrogens is 1. The van der Waals surface area contributed by atoms with Crippen LogP contribution in [-0.2, 0) is 11.8 Å². The van der Waals surface area contributed by atoms with Crippen molar-refractivity contribution in [3.8, 4) is 5.75 Å². The monoisotopic (exact) mass is 470 g/mol. The number of benzene rings is 1. The van der Waals surface area contributed by atoms with Crippen LogP contribution in [0.3, 0.4) is 0 Å². The third kappa shape index (κ3) is 5.60. The van der Waals surface area contributed by atoms with E-state index < -0.39 is 6.10 Å². The van der Waals surface area contributed by atoms with Crippen molar-refractivity contribution in [3.05, 3.63) is 29.5 Å². The highest BCUT2D eigenvalue weighted by atomic mass is 16.5. The summed E-state index contributed by atoms with van der Waals surface area (Å²) in [6.45, 7) is 5.02. The van der Waals surface area contributed by atoms with Crippen molar-refractivity contribution < 1.29 is 19.4 Å². The van der Waals surface area contributed by atoms with Crippen LogP contribution >= 0.6 is 0 Å². The Morgan fingerprint density at radius 3 is 2.29 bits per heavy atom. The van der Waals surface area contributed by atoms with Gasteiger partial charge in [0, 0.05) is 42.3 Å². The normalized spacial score (nSPS) is 19.0. The number of hydrogen-bond donors (Lipinski definition) is 1. The molecule has 2 aromatic rings. The molecule has 1 aromatic carbocycles. The SMILES string of the molecule is CCOC(=O)c1c(C)n(C)c2ccc(OCC(O)CN(C3CCCCC3)C3CCCCC3)cc12. The minimum atomic E-state index is -0.540. The number of esters is 1. The molecule has 34 heavy (non-hydrogen) atoms. The van der Waals surface area contributed by atoms with Gasteiger partial charge in [-0.25, -0.2) is 4.79 Å². The van der Waals surface area contributed by atoms with Crippen LogP contribution in [0.5, 0.6) is 5.75 Å². The first-order valence-electron chi connectivity index (χ1n) is 13.3. The van der Waals surface area contributed by atoms with Crippen LogP contribution in [0.15, 0.2) is 18.2 Å². The van der Waals surface area contributed by atoms with Gasteiger partial charge >= 0.3 is 5.97 Å². The zero-order valence-corrected chi connectivity index (χ0v) is 21.2. The van der Waals surface area contributed by atoms with Crippen molar-refractivity contribution >= 4 is 16.9 Å². The summed E-state index contributed by atoms with van der Waals surface area (Å²) in [5, 5.41) is 11.8. The van der Waals surface area contributed by atoms with Crippen molar-refractivity contribution in [2.45, 2.75) is 96.2 Å². The number of carbonyl (C=O) groups excluding carboxylic acids is 1. The fraction of sp³-hybridized carbons (Fsp3) is 0.679. The first-order chi connectivity index (χ1) is 16.5. The molecule has 2 fully saturated rings. The Bertz CT molecular complexity index is 939. The van der Waals surface area contributed by atoms with Crippen molar-refractivity contribution in [1.82, 2.24) is 9.47 Å². The number of nitrogens with zero attached hydrogens (tertiary/aromatic N) is 2. The van der Waals surface area contributed by atoms with Crippen LogP contribution in [-0.4, -0.2) is 58.5 Å². The summed E-state index contributed by atoms with van der Waals surface area (Å²) in [7, 11) is 1.95. The molecule has 1 atom stereocenters. The van der Waals surface area contributed by atoms with E-state index in [0.717, 1.165) is 16.6 Å². The molecule has 0 bridgehead atoms. The van der Waals surface area contributed by atoms with Gasteiger partial charge in [-0.3, -0.25) is 4.90 Å². The molecule has 1 aromatic heterocycles. The Kier molecular flexibility index (Phi) is 8.54. The zero-order chi connectivity index (χ0) is 24.1. The summed E-state index contributed by atoms with van der Waals surface area (Å²) in [5.74, 6) is 0.364. The highest BCUT2D eigenvalue weighted by molar-refractivity contribution is 6.06. The van der Waals surface area contributed by atoms with Gasteiger partial charge in [-0.2, -0.15) is 0 Å². The molecule has 1 heterocycles. The Morgan fingerprint density at radius 2 is 1.71 bits per heavy atom. The molecule has 1 N–H and O–H groups in total. The molecule has 0 aliphatic heterocycles. The predicted octanol–water partition coefficient (Wildman–Crippen LogP) is 5.37. The average Bonchev–Trinajstić information content (AvgIpc) is 3.11. The summed E-state index contributed by atoms with van der Waals surface area (Å²) >= 11 is 0. The maximum absolute atomic E-state index is 12.6. The first-order valence-corrected chi connectivity index (χ1v) is 13.3. The topological polar surface area (TPSA) is 63.9 Å². The van der Waals surface area contributed by atoms with Gasteiger partial charge in [0.05, 0.1) is 12.2 Å². The highest BCUT2D eigenvalue weighted by Gasteiger charge is 2.30. The Morgan fingerprint density at radius 1 is 1.09 bits per heavy atom. The molecule has 2 aliphatic rings. The van der Waals surface area contributed by atoms with Crippen molar-refractivity contribution in [2.24, 2.45) is 7.05 Å². The summed E-state index contributed by atoms with van der Waals surface area (Å²) in [6.07, 6.45) is 12.4. The van der Waals surface area contributed by atoms with Crippen molar-refractivity contribution in [2.75, 3.05) is 19.8 Å². The second kappa shape index (κ2) is 11.6. The van der Waals surface area contributed by atoms with E-state index in [2.05, 4.69) is 4.90 Å². The van der Waals surface area contributed by atoms with E-state index in [1.54, 1.807) is 0 Å². The number of ether oxygens (including phenoxy) is 2. The number of fused-ring (bicyclic) bond motifs is 1. The van der Waals surface area contributed by atoms with E-state index in [0.29, 0.717) is 36.5 Å². The number of rotatable bonds is 9. The van der Waals surface area contributed by atoms with Crippen LogP contribution < -0.4 is 4.74 Å². The highest BCUT2D eigenvalue weighted by Crippen LogP contribution is 2.31. The number of hydrogen-bond acceptors (Lipinski definition) is 5. The molecular formula is C28H42N2O4. The number of aliphatic hydroxyl groups is 1. The summed E-state index contributed by atoms with van der Waals surface area (Å²) in [6, 6.07) is 7.00. The van der Waals surface area contributed by atoms with E-state index in [4.69, 9.17) is 9.47 Å². The van der Waals surface area contributed by atoms with Crippen molar-refractivity contribution in [1.29, 1.82) is 0 Å². The van der Waals surface area contributed by atoms with E-state index in [1.807, 2.05) is 43.7 Å². The second-order valence-electron chi connectivity index (χ2n) is 10.2. The molecular weight excluding hydrogens is 428 g/mol. The summed E-state index contributed by atoms with van der Waals surface area (Å²) in [4.78, 5) is 15.2. The van der Waals surface area contributed by atoms with E-state index in [9.17, 15) is 9.90 Å². The molecule has 0 saturated heterocycles. The number of aryl methyl sites for hydroxylation is 1. The lowest BCUT2D eigenvalue weighted by atomic mass is 9.88. The van der Waals surface area contributed by atoms with Crippen LogP contribution in [0, 0.1) is 6.92 Å². The van der Waals surface area contributed by atoms with Crippen LogP contribution in [0.1, 0.15) is 87.2 Å². The quantitative estimate of drug-likeness (QED) is 0.499. The second-order valence-corrected chi connectivity index (χ2v) is 10.2. The number of carbonyl (C=O) groups is 1. The van der Waals surface area contributed by atoms with Crippen LogP contribution in [0.4, 0.5) is 0 Å². The molecule has 188 valence electrons. The Balaban J connectivity index is 1.44.